The van der Waals surface area contributed by atoms with E-state index in [1.54, 1.807) is 11.1 Å². The van der Waals surface area contributed by atoms with Gasteiger partial charge in [0.2, 0.25) is 0 Å². The number of benzene rings is 1. The molecule has 1 saturated heterocycles. The number of hydrogen-bond acceptors (Lipinski definition) is 1. The first-order chi connectivity index (χ1) is 9.20. The van der Waals surface area contributed by atoms with Gasteiger partial charge in [0.25, 0.3) is 0 Å². The van der Waals surface area contributed by atoms with Crippen LogP contribution in [0.2, 0.25) is 0 Å². The van der Waals surface area contributed by atoms with E-state index in [0.29, 0.717) is 5.41 Å². The Hall–Kier alpha value is -0.820. The second-order valence-electron chi connectivity index (χ2n) is 7.29. The van der Waals surface area contributed by atoms with Crippen LogP contribution >= 0.6 is 0 Å². The smallest absolute Gasteiger partial charge is 0.0132 e. The molecule has 1 aromatic rings. The van der Waals surface area contributed by atoms with Crippen molar-refractivity contribution in [3.63, 3.8) is 0 Å². The average Bonchev–Trinajstić information content (AvgIpc) is 2.44. The fourth-order valence-electron chi connectivity index (χ4n) is 5.52. The van der Waals surface area contributed by atoms with Crippen molar-refractivity contribution in [3.8, 4) is 0 Å². The molecular weight excluding hydrogens is 230 g/mol. The summed E-state index contributed by atoms with van der Waals surface area (Å²) in [6.45, 7) is 3.84. The molecule has 3 aliphatic rings. The van der Waals surface area contributed by atoms with E-state index in [1.165, 1.54) is 38.6 Å². The second kappa shape index (κ2) is 4.09. The monoisotopic (exact) mass is 255 g/mol. The molecule has 102 valence electrons. The molecule has 2 aliphatic carbocycles. The number of fused-ring (bicyclic) bond motifs is 2. The Kier molecular flexibility index (Phi) is 2.57. The highest BCUT2D eigenvalue weighted by atomic mass is 15.1. The van der Waals surface area contributed by atoms with Gasteiger partial charge in [-0.15, -0.1) is 0 Å². The van der Waals surface area contributed by atoms with E-state index in [1.807, 2.05) is 0 Å². The molecule has 2 fully saturated rings. The first-order valence-corrected chi connectivity index (χ1v) is 7.99. The summed E-state index contributed by atoms with van der Waals surface area (Å²) in [5, 5.41) is 0. The van der Waals surface area contributed by atoms with Gasteiger partial charge >= 0.3 is 0 Å². The van der Waals surface area contributed by atoms with Gasteiger partial charge in [0.05, 0.1) is 0 Å². The van der Waals surface area contributed by atoms with Gasteiger partial charge in [-0.25, -0.2) is 0 Å². The number of piperidine rings is 1. The van der Waals surface area contributed by atoms with Gasteiger partial charge in [0, 0.05) is 6.04 Å². The van der Waals surface area contributed by atoms with E-state index in [4.69, 9.17) is 0 Å². The fraction of sp³-hybridized carbons (Fsp3) is 0.667. The Bertz CT molecular complexity index is 494. The summed E-state index contributed by atoms with van der Waals surface area (Å²) in [6, 6.07) is 10.1. The third-order valence-electron chi connectivity index (χ3n) is 6.40. The fourth-order valence-corrected chi connectivity index (χ4v) is 5.52. The van der Waals surface area contributed by atoms with Gasteiger partial charge in [0.1, 0.15) is 0 Å². The molecule has 4 rings (SSSR count). The van der Waals surface area contributed by atoms with Gasteiger partial charge in [0.15, 0.2) is 0 Å². The maximum absolute atomic E-state index is 2.66. The van der Waals surface area contributed by atoms with Crippen LogP contribution < -0.4 is 0 Å². The highest BCUT2D eigenvalue weighted by molar-refractivity contribution is 5.39. The molecule has 4 atom stereocenters. The van der Waals surface area contributed by atoms with Crippen LogP contribution in [0.1, 0.15) is 43.7 Å². The van der Waals surface area contributed by atoms with E-state index in [9.17, 15) is 0 Å². The summed E-state index contributed by atoms with van der Waals surface area (Å²) in [4.78, 5) is 2.66. The van der Waals surface area contributed by atoms with Gasteiger partial charge in [-0.2, -0.15) is 0 Å². The Morgan fingerprint density at radius 2 is 2.05 bits per heavy atom. The predicted molar refractivity (Wildman–Crippen MR) is 79.4 cm³/mol. The van der Waals surface area contributed by atoms with E-state index in [0.717, 1.165) is 17.9 Å². The summed E-state index contributed by atoms with van der Waals surface area (Å²) in [5.41, 5.74) is 3.77. The Morgan fingerprint density at radius 3 is 2.95 bits per heavy atom. The molecule has 2 unspecified atom stereocenters. The lowest BCUT2D eigenvalue weighted by molar-refractivity contribution is -0.0220. The third-order valence-corrected chi connectivity index (χ3v) is 6.40. The van der Waals surface area contributed by atoms with Crippen molar-refractivity contribution in [3.05, 3.63) is 35.4 Å². The van der Waals surface area contributed by atoms with Crippen molar-refractivity contribution in [2.75, 3.05) is 13.6 Å². The number of hydrogen-bond donors (Lipinski definition) is 0. The first kappa shape index (κ1) is 12.0. The van der Waals surface area contributed by atoms with Crippen molar-refractivity contribution in [1.29, 1.82) is 0 Å². The summed E-state index contributed by atoms with van der Waals surface area (Å²) < 4.78 is 0. The molecule has 1 heteroatoms. The molecule has 0 N–H and O–H groups in total. The summed E-state index contributed by atoms with van der Waals surface area (Å²) in [5.74, 6) is 1.83. The molecule has 1 aromatic carbocycles. The Balaban J connectivity index is 1.86. The number of rotatable bonds is 0. The molecule has 1 heterocycles. The van der Waals surface area contributed by atoms with Crippen molar-refractivity contribution in [2.45, 2.75) is 50.5 Å². The van der Waals surface area contributed by atoms with Crippen LogP contribution in [0.5, 0.6) is 0 Å². The van der Waals surface area contributed by atoms with Gasteiger partial charge < -0.3 is 4.90 Å². The van der Waals surface area contributed by atoms with Crippen LogP contribution in [0.3, 0.4) is 0 Å². The summed E-state index contributed by atoms with van der Waals surface area (Å²) in [7, 11) is 2.35. The predicted octanol–water partition coefficient (Wildman–Crippen LogP) is 3.62. The zero-order chi connectivity index (χ0) is 13.0. The van der Waals surface area contributed by atoms with Crippen LogP contribution in [-0.2, 0) is 11.8 Å². The van der Waals surface area contributed by atoms with Crippen LogP contribution in [0.25, 0.3) is 0 Å². The maximum Gasteiger partial charge on any atom is 0.0132 e. The normalized spacial score (nSPS) is 41.5. The highest BCUT2D eigenvalue weighted by Crippen LogP contribution is 2.54. The Labute approximate surface area is 117 Å². The first-order valence-electron chi connectivity index (χ1n) is 7.99. The minimum Gasteiger partial charge on any atom is -0.303 e. The molecule has 1 nitrogen and oxygen atoms in total. The molecule has 0 bridgehead atoms. The molecule has 0 amide bonds. The molecule has 1 saturated carbocycles. The van der Waals surface area contributed by atoms with Crippen molar-refractivity contribution in [1.82, 2.24) is 4.90 Å². The van der Waals surface area contributed by atoms with Crippen LogP contribution in [-0.4, -0.2) is 24.5 Å². The molecule has 0 spiro atoms. The number of nitrogens with zero attached hydrogens (tertiary/aromatic N) is 1. The van der Waals surface area contributed by atoms with Crippen molar-refractivity contribution in [2.24, 2.45) is 11.8 Å². The van der Waals surface area contributed by atoms with E-state index in [-0.39, 0.29) is 0 Å². The van der Waals surface area contributed by atoms with Crippen molar-refractivity contribution < 1.29 is 0 Å². The van der Waals surface area contributed by atoms with Gasteiger partial charge in [-0.05, 0) is 67.7 Å². The van der Waals surface area contributed by atoms with E-state index >= 15 is 0 Å². The van der Waals surface area contributed by atoms with E-state index in [2.05, 4.69) is 43.1 Å². The highest BCUT2D eigenvalue weighted by Gasteiger charge is 2.52. The minimum atomic E-state index is 0.442. The SMILES string of the molecule is CN1CC[C@]2(C)c3ccccc3CC3CCCC1[C@@H]32. The molecule has 0 radical (unpaired) electrons. The number of likely N-dealkylation sites (tertiary alicyclic amines) is 1. The van der Waals surface area contributed by atoms with Crippen LogP contribution in [0.4, 0.5) is 0 Å². The standard InChI is InChI=1S/C18H25N/c1-18-10-11-19(2)16-9-5-7-14(17(16)18)12-13-6-3-4-8-15(13)18/h3-4,6,8,14,16-17H,5,7,9-12H2,1-2H3/t14?,16?,17-,18-/m1/s1. The lowest BCUT2D eigenvalue weighted by atomic mass is 9.52. The molecule has 19 heavy (non-hydrogen) atoms. The Morgan fingerprint density at radius 1 is 1.21 bits per heavy atom. The topological polar surface area (TPSA) is 3.24 Å². The largest absolute Gasteiger partial charge is 0.303 e. The van der Waals surface area contributed by atoms with Crippen LogP contribution in [0, 0.1) is 11.8 Å². The molecule has 1 aliphatic heterocycles. The quantitative estimate of drug-likeness (QED) is 0.684. The summed E-state index contributed by atoms with van der Waals surface area (Å²) >= 11 is 0. The lowest BCUT2D eigenvalue weighted by Gasteiger charge is -2.58. The maximum atomic E-state index is 2.66. The van der Waals surface area contributed by atoms with Gasteiger partial charge in [-0.3, -0.25) is 0 Å². The summed E-state index contributed by atoms with van der Waals surface area (Å²) in [6.07, 6.45) is 7.00. The third kappa shape index (κ3) is 1.57. The van der Waals surface area contributed by atoms with Crippen LogP contribution in [0.15, 0.2) is 24.3 Å². The minimum absolute atomic E-state index is 0.442. The zero-order valence-corrected chi connectivity index (χ0v) is 12.2. The zero-order valence-electron chi connectivity index (χ0n) is 12.2. The van der Waals surface area contributed by atoms with Crippen molar-refractivity contribution >= 4 is 0 Å². The van der Waals surface area contributed by atoms with Gasteiger partial charge in [-0.1, -0.05) is 37.6 Å². The van der Waals surface area contributed by atoms with E-state index < -0.39 is 0 Å². The molecule has 0 aromatic heterocycles. The lowest BCUT2D eigenvalue weighted by Crippen LogP contribution is -2.59. The average molecular weight is 255 g/mol. The second-order valence-corrected chi connectivity index (χ2v) is 7.29. The molecular formula is C18H25N.